The summed E-state index contributed by atoms with van der Waals surface area (Å²) in [5, 5.41) is 0. The zero-order valence-electron chi connectivity index (χ0n) is 16.5. The Hall–Kier alpha value is -2.54. The highest BCUT2D eigenvalue weighted by Gasteiger charge is 2.31. The van der Waals surface area contributed by atoms with Gasteiger partial charge in [-0.25, -0.2) is 15.0 Å². The summed E-state index contributed by atoms with van der Waals surface area (Å²) in [7, 11) is 0. The number of piperazine rings is 1. The number of ether oxygens (including phenoxy) is 1. The average Bonchev–Trinajstić information content (AvgIpc) is 3.47. The molecule has 5 rings (SSSR count). The van der Waals surface area contributed by atoms with Crippen LogP contribution in [0.15, 0.2) is 29.6 Å². The summed E-state index contributed by atoms with van der Waals surface area (Å²) in [5.74, 6) is 1.62. The van der Waals surface area contributed by atoms with E-state index in [4.69, 9.17) is 9.73 Å². The first-order chi connectivity index (χ1) is 13.7. The SMILES string of the molecule is CC(C)Oc1cc2c(cn1)CN=C2c1cc(N2CCN(C3CC3)CC2)ncn1. The number of aromatic nitrogens is 3. The Kier molecular flexibility index (Phi) is 4.47. The van der Waals surface area contributed by atoms with Gasteiger partial charge in [0.2, 0.25) is 5.88 Å². The molecule has 3 aliphatic rings. The van der Waals surface area contributed by atoms with Crippen molar-refractivity contribution in [1.29, 1.82) is 0 Å². The van der Waals surface area contributed by atoms with Crippen LogP contribution >= 0.6 is 0 Å². The van der Waals surface area contributed by atoms with Crippen molar-refractivity contribution in [2.75, 3.05) is 31.1 Å². The lowest BCUT2D eigenvalue weighted by Gasteiger charge is -2.35. The minimum atomic E-state index is 0.0901. The van der Waals surface area contributed by atoms with Gasteiger partial charge in [0, 0.05) is 61.7 Å². The Labute approximate surface area is 165 Å². The standard InChI is InChI=1S/C21H26N6O/c1-14(2)28-20-9-17-15(11-22-20)12-23-21(17)18-10-19(25-13-24-18)27-7-5-26(6-8-27)16-3-4-16/h9-11,13-14,16H,3-8,12H2,1-2H3. The minimum Gasteiger partial charge on any atom is -0.475 e. The van der Waals surface area contributed by atoms with Crippen molar-refractivity contribution in [3.63, 3.8) is 0 Å². The lowest BCUT2D eigenvalue weighted by molar-refractivity contribution is 0.232. The van der Waals surface area contributed by atoms with Crippen LogP contribution in [0.25, 0.3) is 0 Å². The van der Waals surface area contributed by atoms with Gasteiger partial charge in [-0.3, -0.25) is 9.89 Å². The van der Waals surface area contributed by atoms with E-state index >= 15 is 0 Å². The van der Waals surface area contributed by atoms with Crippen molar-refractivity contribution in [2.24, 2.45) is 4.99 Å². The normalized spacial score (nSPS) is 19.7. The second kappa shape index (κ2) is 7.13. The molecular formula is C21H26N6O. The molecule has 7 nitrogen and oxygen atoms in total. The van der Waals surface area contributed by atoms with Crippen LogP contribution < -0.4 is 9.64 Å². The summed E-state index contributed by atoms with van der Waals surface area (Å²) in [6.07, 6.45) is 6.35. The third-order valence-corrected chi connectivity index (χ3v) is 5.58. The van der Waals surface area contributed by atoms with Crippen molar-refractivity contribution in [2.45, 2.75) is 45.4 Å². The molecule has 0 unspecified atom stereocenters. The molecule has 2 aromatic rings. The highest BCUT2D eigenvalue weighted by Crippen LogP contribution is 2.29. The van der Waals surface area contributed by atoms with Gasteiger partial charge in [0.1, 0.15) is 12.1 Å². The fourth-order valence-electron chi connectivity index (χ4n) is 3.99. The van der Waals surface area contributed by atoms with E-state index < -0.39 is 0 Å². The van der Waals surface area contributed by atoms with Gasteiger partial charge in [-0.15, -0.1) is 0 Å². The Morgan fingerprint density at radius 3 is 2.61 bits per heavy atom. The van der Waals surface area contributed by atoms with Gasteiger partial charge in [-0.1, -0.05) is 0 Å². The molecule has 7 heteroatoms. The number of nitrogens with zero attached hydrogens (tertiary/aromatic N) is 6. The number of hydrogen-bond donors (Lipinski definition) is 0. The predicted molar refractivity (Wildman–Crippen MR) is 108 cm³/mol. The second-order valence-electron chi connectivity index (χ2n) is 8.03. The first-order valence-electron chi connectivity index (χ1n) is 10.2. The number of hydrogen-bond acceptors (Lipinski definition) is 7. The zero-order valence-corrected chi connectivity index (χ0v) is 16.5. The smallest absolute Gasteiger partial charge is 0.214 e. The lowest BCUT2D eigenvalue weighted by Crippen LogP contribution is -2.47. The molecule has 2 fully saturated rings. The van der Waals surface area contributed by atoms with Gasteiger partial charge in [-0.05, 0) is 26.7 Å². The van der Waals surface area contributed by atoms with Crippen LogP contribution in [0.5, 0.6) is 5.88 Å². The van der Waals surface area contributed by atoms with Gasteiger partial charge in [0.05, 0.1) is 24.1 Å². The molecule has 0 atom stereocenters. The summed E-state index contributed by atoms with van der Waals surface area (Å²) >= 11 is 0. The van der Waals surface area contributed by atoms with Gasteiger partial charge in [-0.2, -0.15) is 0 Å². The first kappa shape index (κ1) is 17.6. The van der Waals surface area contributed by atoms with Crippen molar-refractivity contribution < 1.29 is 4.74 Å². The van der Waals surface area contributed by atoms with Gasteiger partial charge < -0.3 is 9.64 Å². The van der Waals surface area contributed by atoms with Gasteiger partial charge in [0.15, 0.2) is 0 Å². The Balaban J connectivity index is 1.36. The molecule has 0 bridgehead atoms. The van der Waals surface area contributed by atoms with E-state index in [0.29, 0.717) is 12.4 Å². The summed E-state index contributed by atoms with van der Waals surface area (Å²) in [6, 6.07) is 4.89. The topological polar surface area (TPSA) is 66.7 Å². The quantitative estimate of drug-likeness (QED) is 0.795. The second-order valence-corrected chi connectivity index (χ2v) is 8.03. The molecule has 146 valence electrons. The number of aliphatic imine (C=N–C) groups is 1. The molecule has 2 aliphatic heterocycles. The van der Waals surface area contributed by atoms with E-state index in [1.807, 2.05) is 26.1 Å². The number of fused-ring (bicyclic) bond motifs is 1. The van der Waals surface area contributed by atoms with E-state index in [1.165, 1.54) is 12.8 Å². The number of pyridine rings is 1. The molecule has 1 saturated carbocycles. The van der Waals surface area contributed by atoms with Crippen LogP contribution in [0.4, 0.5) is 5.82 Å². The number of rotatable bonds is 5. The molecule has 1 saturated heterocycles. The van der Waals surface area contributed by atoms with Crippen molar-refractivity contribution >= 4 is 11.5 Å². The molecular weight excluding hydrogens is 352 g/mol. The third kappa shape index (κ3) is 3.46. The molecule has 0 amide bonds. The Morgan fingerprint density at radius 2 is 1.86 bits per heavy atom. The molecule has 4 heterocycles. The molecule has 0 radical (unpaired) electrons. The van der Waals surface area contributed by atoms with E-state index in [0.717, 1.165) is 60.6 Å². The predicted octanol–water partition coefficient (Wildman–Crippen LogP) is 2.29. The third-order valence-electron chi connectivity index (χ3n) is 5.58. The molecule has 0 aromatic carbocycles. The largest absolute Gasteiger partial charge is 0.475 e. The monoisotopic (exact) mass is 378 g/mol. The van der Waals surface area contributed by atoms with Crippen LogP contribution in [-0.4, -0.2) is 63.9 Å². The van der Waals surface area contributed by atoms with Crippen LogP contribution in [-0.2, 0) is 6.54 Å². The van der Waals surface area contributed by atoms with E-state index in [2.05, 4.69) is 30.8 Å². The van der Waals surface area contributed by atoms with Crippen LogP contribution in [0.3, 0.4) is 0 Å². The fraction of sp³-hybridized carbons (Fsp3) is 0.524. The average molecular weight is 378 g/mol. The Morgan fingerprint density at radius 1 is 1.04 bits per heavy atom. The van der Waals surface area contributed by atoms with Gasteiger partial charge in [0.25, 0.3) is 0 Å². The van der Waals surface area contributed by atoms with Crippen molar-refractivity contribution in [1.82, 2.24) is 19.9 Å². The summed E-state index contributed by atoms with van der Waals surface area (Å²) in [5.41, 5.74) is 3.96. The van der Waals surface area contributed by atoms with Crippen LogP contribution in [0.2, 0.25) is 0 Å². The van der Waals surface area contributed by atoms with E-state index in [-0.39, 0.29) is 6.10 Å². The maximum Gasteiger partial charge on any atom is 0.214 e. The van der Waals surface area contributed by atoms with Gasteiger partial charge >= 0.3 is 0 Å². The maximum atomic E-state index is 5.77. The van der Waals surface area contributed by atoms with Crippen molar-refractivity contribution in [3.8, 4) is 5.88 Å². The molecule has 28 heavy (non-hydrogen) atoms. The van der Waals surface area contributed by atoms with E-state index in [1.54, 1.807) is 6.33 Å². The molecule has 2 aromatic heterocycles. The molecule has 1 aliphatic carbocycles. The lowest BCUT2D eigenvalue weighted by atomic mass is 10.1. The highest BCUT2D eigenvalue weighted by molar-refractivity contribution is 6.14. The zero-order chi connectivity index (χ0) is 19.1. The van der Waals surface area contributed by atoms with Crippen LogP contribution in [0, 0.1) is 0 Å². The van der Waals surface area contributed by atoms with Crippen LogP contribution in [0.1, 0.15) is 43.5 Å². The molecule has 0 N–H and O–H groups in total. The minimum absolute atomic E-state index is 0.0901. The highest BCUT2D eigenvalue weighted by atomic mass is 16.5. The summed E-state index contributed by atoms with van der Waals surface area (Å²) in [4.78, 5) is 23.2. The first-order valence-corrected chi connectivity index (χ1v) is 10.2. The maximum absolute atomic E-state index is 5.77. The fourth-order valence-corrected chi connectivity index (χ4v) is 3.99. The number of anilines is 1. The Bertz CT molecular complexity index is 900. The summed E-state index contributed by atoms with van der Waals surface area (Å²) < 4.78 is 5.77. The van der Waals surface area contributed by atoms with E-state index in [9.17, 15) is 0 Å². The molecule has 0 spiro atoms. The van der Waals surface area contributed by atoms with Crippen molar-refractivity contribution in [3.05, 3.63) is 41.5 Å². The summed E-state index contributed by atoms with van der Waals surface area (Å²) in [6.45, 7) is 8.93.